The van der Waals surface area contributed by atoms with E-state index in [9.17, 15) is 0 Å². The van der Waals surface area contributed by atoms with Gasteiger partial charge in [0, 0.05) is 17.4 Å². The summed E-state index contributed by atoms with van der Waals surface area (Å²) >= 11 is 6.22. The first-order valence-electron chi connectivity index (χ1n) is 6.48. The summed E-state index contributed by atoms with van der Waals surface area (Å²) in [4.78, 5) is 0. The van der Waals surface area contributed by atoms with E-state index in [1.54, 1.807) is 0 Å². The van der Waals surface area contributed by atoms with E-state index in [-0.39, 0.29) is 10.8 Å². The van der Waals surface area contributed by atoms with Crippen molar-refractivity contribution in [2.45, 2.75) is 57.9 Å². The zero-order valence-electron chi connectivity index (χ0n) is 10.8. The molecule has 0 aromatic carbocycles. The molecule has 0 saturated heterocycles. The lowest BCUT2D eigenvalue weighted by atomic mass is 9.65. The molecule has 0 heterocycles. The average molecular weight is 249 g/mol. The molecule has 0 aromatic heterocycles. The second-order valence-corrected chi connectivity index (χ2v) is 5.41. The van der Waals surface area contributed by atoms with E-state index in [0.717, 1.165) is 25.9 Å². The first-order valence-corrected chi connectivity index (χ1v) is 6.92. The molecule has 3 unspecified atom stereocenters. The number of rotatable bonds is 8. The summed E-state index contributed by atoms with van der Waals surface area (Å²) in [7, 11) is 0. The molecule has 3 heteroatoms. The van der Waals surface area contributed by atoms with Gasteiger partial charge in [-0.25, -0.2) is 0 Å². The highest BCUT2D eigenvalue weighted by molar-refractivity contribution is 6.21. The van der Waals surface area contributed by atoms with Crippen LogP contribution in [0.25, 0.3) is 0 Å². The molecule has 1 aliphatic carbocycles. The molecule has 0 bridgehead atoms. The summed E-state index contributed by atoms with van der Waals surface area (Å²) in [6.45, 7) is 8.84. The number of halogens is 1. The van der Waals surface area contributed by atoms with Crippen molar-refractivity contribution in [1.82, 2.24) is 0 Å². The maximum atomic E-state index is 6.22. The largest absolute Gasteiger partial charge is 0.379 e. The van der Waals surface area contributed by atoms with Crippen LogP contribution in [0.4, 0.5) is 0 Å². The van der Waals surface area contributed by atoms with Gasteiger partial charge in [-0.15, -0.1) is 11.6 Å². The van der Waals surface area contributed by atoms with E-state index in [1.165, 1.54) is 6.42 Å². The van der Waals surface area contributed by atoms with Crippen LogP contribution in [-0.4, -0.2) is 31.3 Å². The molecule has 2 nitrogen and oxygen atoms in total. The van der Waals surface area contributed by atoms with Crippen LogP contribution < -0.4 is 0 Å². The van der Waals surface area contributed by atoms with Crippen molar-refractivity contribution in [1.29, 1.82) is 0 Å². The third-order valence-electron chi connectivity index (χ3n) is 3.82. The van der Waals surface area contributed by atoms with Crippen LogP contribution in [0, 0.1) is 5.41 Å². The molecule has 16 heavy (non-hydrogen) atoms. The van der Waals surface area contributed by atoms with E-state index < -0.39 is 0 Å². The van der Waals surface area contributed by atoms with E-state index in [0.29, 0.717) is 19.3 Å². The van der Waals surface area contributed by atoms with Gasteiger partial charge in [0.2, 0.25) is 0 Å². The second-order valence-electron chi connectivity index (χ2n) is 4.89. The van der Waals surface area contributed by atoms with Gasteiger partial charge in [-0.1, -0.05) is 27.2 Å². The third-order valence-corrected chi connectivity index (χ3v) is 4.50. The molecule has 0 aromatic rings. The second kappa shape index (κ2) is 6.83. The molecule has 1 fully saturated rings. The van der Waals surface area contributed by atoms with Gasteiger partial charge in [-0.3, -0.25) is 0 Å². The minimum Gasteiger partial charge on any atom is -0.379 e. The zero-order chi connectivity index (χ0) is 12.0. The quantitative estimate of drug-likeness (QED) is 0.483. The Labute approximate surface area is 105 Å². The van der Waals surface area contributed by atoms with E-state index in [2.05, 4.69) is 20.8 Å². The van der Waals surface area contributed by atoms with Crippen LogP contribution in [0.15, 0.2) is 0 Å². The Bertz CT molecular complexity index is 198. The molecule has 0 amide bonds. The fourth-order valence-electron chi connectivity index (χ4n) is 2.07. The molecule has 0 radical (unpaired) electrons. The Morgan fingerprint density at radius 3 is 2.56 bits per heavy atom. The minimum atomic E-state index is 0.172. The van der Waals surface area contributed by atoms with Gasteiger partial charge in [-0.05, 0) is 19.3 Å². The summed E-state index contributed by atoms with van der Waals surface area (Å²) in [6.07, 6.45) is 4.73. The van der Waals surface area contributed by atoms with Gasteiger partial charge in [0.1, 0.15) is 0 Å². The Kier molecular flexibility index (Phi) is 6.09. The van der Waals surface area contributed by atoms with E-state index >= 15 is 0 Å². The number of hydrogen-bond donors (Lipinski definition) is 0. The summed E-state index contributed by atoms with van der Waals surface area (Å²) in [6, 6.07) is 0. The van der Waals surface area contributed by atoms with E-state index in [4.69, 9.17) is 21.1 Å². The number of unbranched alkanes of at least 4 members (excludes halogenated alkanes) is 1. The van der Waals surface area contributed by atoms with Crippen molar-refractivity contribution in [3.63, 3.8) is 0 Å². The SMILES string of the molecule is CCCCOCCOC1CC(Cl)C1(C)CC. The van der Waals surface area contributed by atoms with E-state index in [1.807, 2.05) is 0 Å². The highest BCUT2D eigenvalue weighted by atomic mass is 35.5. The summed E-state index contributed by atoms with van der Waals surface area (Å²) < 4.78 is 11.3. The molecule has 3 atom stereocenters. The molecule has 0 spiro atoms. The first-order chi connectivity index (χ1) is 7.65. The molecule has 96 valence electrons. The lowest BCUT2D eigenvalue weighted by molar-refractivity contribution is -0.111. The maximum absolute atomic E-state index is 6.22. The molecule has 0 aliphatic heterocycles. The van der Waals surface area contributed by atoms with Crippen LogP contribution in [0.5, 0.6) is 0 Å². The van der Waals surface area contributed by atoms with Gasteiger partial charge < -0.3 is 9.47 Å². The molecule has 0 N–H and O–H groups in total. The first kappa shape index (κ1) is 14.3. The van der Waals surface area contributed by atoms with Crippen molar-refractivity contribution in [2.75, 3.05) is 19.8 Å². The number of ether oxygens (including phenoxy) is 2. The average Bonchev–Trinajstić information content (AvgIpc) is 2.31. The lowest BCUT2D eigenvalue weighted by Gasteiger charge is -2.50. The summed E-state index contributed by atoms with van der Waals surface area (Å²) in [5, 5.41) is 0.281. The number of hydrogen-bond acceptors (Lipinski definition) is 2. The molecular weight excluding hydrogens is 224 g/mol. The van der Waals surface area contributed by atoms with Gasteiger partial charge in [0.15, 0.2) is 0 Å². The fraction of sp³-hybridized carbons (Fsp3) is 1.00. The third kappa shape index (κ3) is 3.35. The van der Waals surface area contributed by atoms with Crippen LogP contribution in [0.2, 0.25) is 0 Å². The van der Waals surface area contributed by atoms with Crippen molar-refractivity contribution in [3.05, 3.63) is 0 Å². The predicted molar refractivity (Wildman–Crippen MR) is 68.1 cm³/mol. The normalized spacial score (nSPS) is 33.8. The number of alkyl halides is 1. The van der Waals surface area contributed by atoms with Gasteiger partial charge in [0.25, 0.3) is 0 Å². The Hall–Kier alpha value is 0.210. The van der Waals surface area contributed by atoms with Gasteiger partial charge >= 0.3 is 0 Å². The Morgan fingerprint density at radius 1 is 1.25 bits per heavy atom. The highest BCUT2D eigenvalue weighted by Crippen LogP contribution is 2.48. The van der Waals surface area contributed by atoms with Crippen molar-refractivity contribution in [3.8, 4) is 0 Å². The smallest absolute Gasteiger partial charge is 0.0704 e. The topological polar surface area (TPSA) is 18.5 Å². The molecular formula is C13H25ClO2. The van der Waals surface area contributed by atoms with Gasteiger partial charge in [0.05, 0.1) is 19.3 Å². The van der Waals surface area contributed by atoms with Crippen molar-refractivity contribution < 1.29 is 9.47 Å². The monoisotopic (exact) mass is 248 g/mol. The van der Waals surface area contributed by atoms with Gasteiger partial charge in [-0.2, -0.15) is 0 Å². The van der Waals surface area contributed by atoms with Crippen molar-refractivity contribution in [2.24, 2.45) is 5.41 Å². The predicted octanol–water partition coefficient (Wildman–Crippen LogP) is 3.62. The van der Waals surface area contributed by atoms with Crippen LogP contribution in [-0.2, 0) is 9.47 Å². The summed E-state index contributed by atoms with van der Waals surface area (Å²) in [5.74, 6) is 0. The zero-order valence-corrected chi connectivity index (χ0v) is 11.6. The fourth-order valence-corrected chi connectivity index (χ4v) is 2.53. The molecule has 1 rings (SSSR count). The van der Waals surface area contributed by atoms with Crippen LogP contribution in [0.1, 0.15) is 46.5 Å². The Balaban J connectivity index is 2.06. The highest BCUT2D eigenvalue weighted by Gasteiger charge is 2.50. The minimum absolute atomic E-state index is 0.172. The Morgan fingerprint density at radius 2 is 2.00 bits per heavy atom. The molecule has 1 aliphatic rings. The maximum Gasteiger partial charge on any atom is 0.0704 e. The van der Waals surface area contributed by atoms with Crippen LogP contribution >= 0.6 is 11.6 Å². The van der Waals surface area contributed by atoms with Crippen LogP contribution in [0.3, 0.4) is 0 Å². The van der Waals surface area contributed by atoms with Crippen molar-refractivity contribution >= 4 is 11.6 Å². The lowest BCUT2D eigenvalue weighted by Crippen LogP contribution is -2.53. The molecule has 1 saturated carbocycles. The standard InChI is InChI=1S/C13H25ClO2/c1-4-6-7-15-8-9-16-12-10-11(14)13(12,3)5-2/h11-12H,4-10H2,1-3H3. The summed E-state index contributed by atoms with van der Waals surface area (Å²) in [5.41, 5.74) is 0.172.